The molecule has 51 heavy (non-hydrogen) atoms. The summed E-state index contributed by atoms with van der Waals surface area (Å²) < 4.78 is 10.8. The van der Waals surface area contributed by atoms with Crippen LogP contribution in [-0.4, -0.2) is 19.1 Å². The van der Waals surface area contributed by atoms with E-state index < -0.39 is 0 Å². The third-order valence-corrected chi connectivity index (χ3v) is 10.3. The second-order valence-electron chi connectivity index (χ2n) is 13.1. The second kappa shape index (κ2) is 10.8. The van der Waals surface area contributed by atoms with E-state index in [0.717, 1.165) is 77.6 Å². The van der Waals surface area contributed by atoms with Gasteiger partial charge < -0.3 is 13.6 Å². The normalized spacial score (nSPS) is 11.9. The number of fused-ring (bicyclic) bond motifs is 9. The summed E-state index contributed by atoms with van der Waals surface area (Å²) in [6, 6.07) is 51.9. The smallest absolute Gasteiger partial charge is 0.135 e. The van der Waals surface area contributed by atoms with Gasteiger partial charge in [-0.15, -0.1) is 0 Å². The van der Waals surface area contributed by atoms with Gasteiger partial charge in [0.2, 0.25) is 0 Å². The second-order valence-corrected chi connectivity index (χ2v) is 13.1. The van der Waals surface area contributed by atoms with Crippen LogP contribution in [0.2, 0.25) is 0 Å². The summed E-state index contributed by atoms with van der Waals surface area (Å²) in [5, 5.41) is 7.03. The van der Waals surface area contributed by atoms with Crippen LogP contribution in [0.3, 0.4) is 0 Å². The molecule has 0 radical (unpaired) electrons. The minimum atomic E-state index is 0.904. The number of aromatic nitrogens is 4. The Morgan fingerprint density at radius 3 is 1.47 bits per heavy atom. The zero-order valence-electron chi connectivity index (χ0n) is 27.4. The number of para-hydroxylation sites is 3. The summed E-state index contributed by atoms with van der Waals surface area (Å²) in [4.78, 5) is 9.12. The molecule has 0 saturated carbocycles. The predicted octanol–water partition coefficient (Wildman–Crippen LogP) is 11.9. The molecule has 0 aliphatic rings. The molecule has 0 aliphatic carbocycles. The summed E-state index contributed by atoms with van der Waals surface area (Å²) >= 11 is 0. The number of pyridine rings is 2. The molecule has 0 fully saturated rings. The summed E-state index contributed by atoms with van der Waals surface area (Å²) in [6.07, 6.45) is 7.70. The standard InChI is InChI=1S/C46H28N4O/c1-4-10-41-35(7-1)37-19-21-47-27-43(37)49(41)33-23-32(24-34(26-33)50-42-11-5-2-8-36(42)38-20-22-48-28-44(38)50)30-15-13-29(14-16-30)31-17-18-46-40(25-31)39-9-3-6-12-45(39)51-46/h1-28H. The van der Waals surface area contributed by atoms with Crippen LogP contribution in [0.15, 0.2) is 175 Å². The topological polar surface area (TPSA) is 48.8 Å². The number of nitrogens with zero attached hydrogens (tertiary/aromatic N) is 4. The largest absolute Gasteiger partial charge is 0.456 e. The van der Waals surface area contributed by atoms with E-state index in [-0.39, 0.29) is 0 Å². The Labute approximate surface area is 292 Å². The molecule has 5 heterocycles. The average Bonchev–Trinajstić information content (AvgIpc) is 3.85. The number of rotatable bonds is 4. The molecule has 5 nitrogen and oxygen atoms in total. The lowest BCUT2D eigenvalue weighted by atomic mass is 9.98. The molecular formula is C46H28N4O. The van der Waals surface area contributed by atoms with Crippen LogP contribution in [0, 0.1) is 0 Å². The van der Waals surface area contributed by atoms with E-state index in [9.17, 15) is 0 Å². The fourth-order valence-electron chi connectivity index (χ4n) is 7.97. The third kappa shape index (κ3) is 4.22. The maximum Gasteiger partial charge on any atom is 0.135 e. The SMILES string of the molecule is c1ccc2c(c1)oc1ccc(-c3ccc(-c4cc(-n5c6ccccc6c6ccncc65)cc(-n5c6ccccc6c6ccncc65)c4)cc3)cc12. The Bertz CT molecular complexity index is 2910. The molecule has 238 valence electrons. The highest BCUT2D eigenvalue weighted by atomic mass is 16.3. The Morgan fingerprint density at radius 1 is 0.353 bits per heavy atom. The maximum absolute atomic E-state index is 6.10. The van der Waals surface area contributed by atoms with Gasteiger partial charge in [0, 0.05) is 56.1 Å². The van der Waals surface area contributed by atoms with Crippen molar-refractivity contribution in [3.63, 3.8) is 0 Å². The van der Waals surface area contributed by atoms with E-state index >= 15 is 0 Å². The van der Waals surface area contributed by atoms with Crippen molar-refractivity contribution in [3.05, 3.63) is 170 Å². The van der Waals surface area contributed by atoms with Crippen molar-refractivity contribution in [2.45, 2.75) is 0 Å². The average molecular weight is 653 g/mol. The van der Waals surface area contributed by atoms with Gasteiger partial charge in [-0.05, 0) is 82.9 Å². The van der Waals surface area contributed by atoms with Crippen LogP contribution in [0.4, 0.5) is 0 Å². The van der Waals surface area contributed by atoms with E-state index in [1.165, 1.54) is 21.5 Å². The summed E-state index contributed by atoms with van der Waals surface area (Å²) in [7, 11) is 0. The van der Waals surface area contributed by atoms with Gasteiger partial charge in [-0.25, -0.2) is 0 Å². The Balaban J connectivity index is 1.13. The highest BCUT2D eigenvalue weighted by Crippen LogP contribution is 2.38. The van der Waals surface area contributed by atoms with E-state index in [1.807, 2.05) is 36.9 Å². The van der Waals surface area contributed by atoms with Crippen molar-refractivity contribution in [1.29, 1.82) is 0 Å². The molecule has 0 bridgehead atoms. The molecule has 11 aromatic rings. The van der Waals surface area contributed by atoms with Crippen molar-refractivity contribution >= 4 is 65.6 Å². The fourth-order valence-corrected chi connectivity index (χ4v) is 7.97. The molecule has 5 aromatic heterocycles. The first kappa shape index (κ1) is 27.9. The van der Waals surface area contributed by atoms with Crippen LogP contribution in [0.5, 0.6) is 0 Å². The van der Waals surface area contributed by atoms with Crippen LogP contribution >= 0.6 is 0 Å². The van der Waals surface area contributed by atoms with Gasteiger partial charge in [0.1, 0.15) is 11.2 Å². The van der Waals surface area contributed by atoms with E-state index in [4.69, 9.17) is 4.42 Å². The van der Waals surface area contributed by atoms with Crippen LogP contribution in [0.25, 0.3) is 99.2 Å². The molecular weight excluding hydrogens is 625 g/mol. The molecule has 6 aromatic carbocycles. The number of benzene rings is 6. The van der Waals surface area contributed by atoms with Gasteiger partial charge in [-0.3, -0.25) is 9.97 Å². The van der Waals surface area contributed by atoms with E-state index in [1.54, 1.807) is 0 Å². The van der Waals surface area contributed by atoms with Crippen molar-refractivity contribution in [2.24, 2.45) is 0 Å². The molecule has 0 spiro atoms. The Hall–Kier alpha value is -6.98. The summed E-state index contributed by atoms with van der Waals surface area (Å²) in [5.41, 5.74) is 13.0. The number of furan rings is 1. The van der Waals surface area contributed by atoms with Crippen LogP contribution < -0.4 is 0 Å². The molecule has 0 unspecified atom stereocenters. The monoisotopic (exact) mass is 652 g/mol. The first-order chi connectivity index (χ1) is 25.3. The van der Waals surface area contributed by atoms with E-state index in [2.05, 4.69) is 153 Å². The van der Waals surface area contributed by atoms with Crippen molar-refractivity contribution in [2.75, 3.05) is 0 Å². The minimum Gasteiger partial charge on any atom is -0.456 e. The molecule has 0 N–H and O–H groups in total. The first-order valence-corrected chi connectivity index (χ1v) is 17.1. The third-order valence-electron chi connectivity index (χ3n) is 10.3. The van der Waals surface area contributed by atoms with E-state index in [0.29, 0.717) is 0 Å². The van der Waals surface area contributed by atoms with Crippen LogP contribution in [0.1, 0.15) is 0 Å². The fraction of sp³-hybridized carbons (Fsp3) is 0. The van der Waals surface area contributed by atoms with Gasteiger partial charge in [-0.1, -0.05) is 84.9 Å². The first-order valence-electron chi connectivity index (χ1n) is 17.1. The Morgan fingerprint density at radius 2 is 0.843 bits per heavy atom. The maximum atomic E-state index is 6.10. The molecule has 0 atom stereocenters. The lowest BCUT2D eigenvalue weighted by Crippen LogP contribution is -2.00. The number of hydrogen-bond acceptors (Lipinski definition) is 3. The lowest BCUT2D eigenvalue weighted by molar-refractivity contribution is 0.669. The molecule has 0 amide bonds. The minimum absolute atomic E-state index is 0.904. The van der Waals surface area contributed by atoms with Gasteiger partial charge in [0.25, 0.3) is 0 Å². The van der Waals surface area contributed by atoms with Gasteiger partial charge in [0.05, 0.1) is 34.5 Å². The molecule has 0 aliphatic heterocycles. The summed E-state index contributed by atoms with van der Waals surface area (Å²) in [6.45, 7) is 0. The lowest BCUT2D eigenvalue weighted by Gasteiger charge is -2.16. The predicted molar refractivity (Wildman–Crippen MR) is 209 cm³/mol. The molecule has 11 rings (SSSR count). The van der Waals surface area contributed by atoms with Gasteiger partial charge in [-0.2, -0.15) is 0 Å². The van der Waals surface area contributed by atoms with Crippen molar-refractivity contribution in [1.82, 2.24) is 19.1 Å². The van der Waals surface area contributed by atoms with Gasteiger partial charge in [0.15, 0.2) is 0 Å². The zero-order valence-corrected chi connectivity index (χ0v) is 27.4. The molecule has 5 heteroatoms. The highest BCUT2D eigenvalue weighted by molar-refractivity contribution is 6.10. The molecule has 0 saturated heterocycles. The zero-order chi connectivity index (χ0) is 33.5. The van der Waals surface area contributed by atoms with Crippen molar-refractivity contribution < 1.29 is 4.42 Å². The van der Waals surface area contributed by atoms with Crippen LogP contribution in [-0.2, 0) is 0 Å². The Kier molecular flexibility index (Phi) is 5.89. The summed E-state index contributed by atoms with van der Waals surface area (Å²) in [5.74, 6) is 0. The number of hydrogen-bond donors (Lipinski definition) is 0. The van der Waals surface area contributed by atoms with Crippen molar-refractivity contribution in [3.8, 4) is 33.6 Å². The quantitative estimate of drug-likeness (QED) is 0.190. The van der Waals surface area contributed by atoms with Gasteiger partial charge >= 0.3 is 0 Å². The highest BCUT2D eigenvalue weighted by Gasteiger charge is 2.18.